The number of carbonyl (C=O) groups is 1. The van der Waals surface area contributed by atoms with Gasteiger partial charge in [-0.2, -0.15) is 0 Å². The quantitative estimate of drug-likeness (QED) is 0.749. The first-order chi connectivity index (χ1) is 8.01. The number of esters is 1. The highest BCUT2D eigenvalue weighted by Crippen LogP contribution is 2.22. The summed E-state index contributed by atoms with van der Waals surface area (Å²) >= 11 is 0. The fourth-order valence-electron chi connectivity index (χ4n) is 2.17. The molecule has 1 aliphatic heterocycles. The fourth-order valence-corrected chi connectivity index (χ4v) is 2.17. The Bertz CT molecular complexity index is 235. The second-order valence-corrected chi connectivity index (χ2v) is 5.22. The van der Waals surface area contributed by atoms with Crippen LogP contribution in [0.3, 0.4) is 0 Å². The van der Waals surface area contributed by atoms with Gasteiger partial charge in [0.15, 0.2) is 0 Å². The van der Waals surface area contributed by atoms with Crippen LogP contribution in [-0.2, 0) is 14.3 Å². The minimum atomic E-state index is -0.100. The smallest absolute Gasteiger partial charge is 0.306 e. The van der Waals surface area contributed by atoms with E-state index in [9.17, 15) is 4.79 Å². The molecule has 1 saturated heterocycles. The van der Waals surface area contributed by atoms with Gasteiger partial charge in [-0.15, -0.1) is 0 Å². The average Bonchev–Trinajstić information content (AvgIpc) is 2.24. The summed E-state index contributed by atoms with van der Waals surface area (Å²) in [6.07, 6.45) is 3.28. The highest BCUT2D eigenvalue weighted by Gasteiger charge is 2.27. The largest absolute Gasteiger partial charge is 0.462 e. The summed E-state index contributed by atoms with van der Waals surface area (Å²) < 4.78 is 11.1. The zero-order chi connectivity index (χ0) is 12.8. The summed E-state index contributed by atoms with van der Waals surface area (Å²) in [7, 11) is 0. The molecule has 17 heavy (non-hydrogen) atoms. The van der Waals surface area contributed by atoms with E-state index in [2.05, 4.69) is 0 Å². The van der Waals surface area contributed by atoms with Crippen molar-refractivity contribution in [2.24, 2.45) is 11.7 Å². The van der Waals surface area contributed by atoms with Crippen LogP contribution in [0.15, 0.2) is 0 Å². The summed E-state index contributed by atoms with van der Waals surface area (Å²) in [5.41, 5.74) is 5.51. The number of nitrogens with two attached hydrogens (primary N) is 1. The Morgan fingerprint density at radius 1 is 1.41 bits per heavy atom. The van der Waals surface area contributed by atoms with E-state index in [0.29, 0.717) is 18.9 Å². The van der Waals surface area contributed by atoms with Gasteiger partial charge < -0.3 is 15.2 Å². The van der Waals surface area contributed by atoms with Crippen LogP contribution in [0.5, 0.6) is 0 Å². The average molecular weight is 243 g/mol. The van der Waals surface area contributed by atoms with Gasteiger partial charge in [-0.3, -0.25) is 4.79 Å². The molecule has 2 N–H and O–H groups in total. The van der Waals surface area contributed by atoms with Crippen molar-refractivity contribution in [2.45, 2.75) is 64.8 Å². The zero-order valence-corrected chi connectivity index (χ0v) is 11.1. The standard InChI is InChI=1S/C13H25NO3/c1-9(8-14)4-5-13(15)17-12-6-10(2)16-11(3)7-12/h9-12H,4-8,14H2,1-3H3. The number of hydrogen-bond donors (Lipinski definition) is 1. The second kappa shape index (κ2) is 6.97. The van der Waals surface area contributed by atoms with Gasteiger partial charge in [0.2, 0.25) is 0 Å². The molecular formula is C13H25NO3. The van der Waals surface area contributed by atoms with Gasteiger partial charge in [0, 0.05) is 19.3 Å². The van der Waals surface area contributed by atoms with Crippen LogP contribution in [-0.4, -0.2) is 30.8 Å². The maximum atomic E-state index is 11.6. The maximum Gasteiger partial charge on any atom is 0.306 e. The third-order valence-corrected chi connectivity index (χ3v) is 3.20. The molecule has 1 heterocycles. The third-order valence-electron chi connectivity index (χ3n) is 3.20. The SMILES string of the molecule is CC(CN)CCC(=O)OC1CC(C)OC(C)C1. The molecular weight excluding hydrogens is 218 g/mol. The lowest BCUT2D eigenvalue weighted by atomic mass is 10.0. The van der Waals surface area contributed by atoms with Gasteiger partial charge in [-0.25, -0.2) is 0 Å². The molecule has 0 bridgehead atoms. The molecule has 3 unspecified atom stereocenters. The van der Waals surface area contributed by atoms with E-state index in [0.717, 1.165) is 19.3 Å². The highest BCUT2D eigenvalue weighted by atomic mass is 16.6. The van der Waals surface area contributed by atoms with Crippen LogP contribution in [0, 0.1) is 5.92 Å². The Kier molecular flexibility index (Phi) is 5.92. The molecule has 0 aromatic heterocycles. The Hall–Kier alpha value is -0.610. The molecule has 1 rings (SSSR count). The van der Waals surface area contributed by atoms with Crippen molar-refractivity contribution in [3.8, 4) is 0 Å². The van der Waals surface area contributed by atoms with E-state index < -0.39 is 0 Å². The van der Waals surface area contributed by atoms with E-state index in [1.165, 1.54) is 0 Å². The monoisotopic (exact) mass is 243 g/mol. The van der Waals surface area contributed by atoms with Crippen LogP contribution in [0.4, 0.5) is 0 Å². The van der Waals surface area contributed by atoms with Crippen LogP contribution in [0.25, 0.3) is 0 Å². The first kappa shape index (κ1) is 14.5. The lowest BCUT2D eigenvalue weighted by molar-refractivity contribution is -0.159. The summed E-state index contributed by atoms with van der Waals surface area (Å²) in [5, 5.41) is 0. The third kappa shape index (κ3) is 5.50. The maximum absolute atomic E-state index is 11.6. The summed E-state index contributed by atoms with van der Waals surface area (Å²) in [5.74, 6) is 0.284. The molecule has 3 atom stereocenters. The van der Waals surface area contributed by atoms with Crippen LogP contribution in [0.1, 0.15) is 46.5 Å². The molecule has 0 saturated carbocycles. The van der Waals surface area contributed by atoms with Crippen LogP contribution < -0.4 is 5.73 Å². The zero-order valence-electron chi connectivity index (χ0n) is 11.1. The number of ether oxygens (including phenoxy) is 2. The Morgan fingerprint density at radius 3 is 2.53 bits per heavy atom. The van der Waals surface area contributed by atoms with E-state index >= 15 is 0 Å². The number of carbonyl (C=O) groups excluding carboxylic acids is 1. The second-order valence-electron chi connectivity index (χ2n) is 5.22. The molecule has 0 aliphatic carbocycles. The first-order valence-corrected chi connectivity index (χ1v) is 6.56. The van der Waals surface area contributed by atoms with E-state index in [-0.39, 0.29) is 24.3 Å². The summed E-state index contributed by atoms with van der Waals surface area (Å²) in [6.45, 7) is 6.71. The Labute approximate surface area is 104 Å². The van der Waals surface area contributed by atoms with Gasteiger partial charge in [-0.05, 0) is 32.7 Å². The van der Waals surface area contributed by atoms with Crippen molar-refractivity contribution in [3.05, 3.63) is 0 Å². The molecule has 4 nitrogen and oxygen atoms in total. The normalized spacial score (nSPS) is 30.9. The Morgan fingerprint density at radius 2 is 2.00 bits per heavy atom. The summed E-state index contributed by atoms with van der Waals surface area (Å²) in [6, 6.07) is 0. The van der Waals surface area contributed by atoms with Crippen molar-refractivity contribution >= 4 is 5.97 Å². The van der Waals surface area contributed by atoms with E-state index in [1.807, 2.05) is 20.8 Å². The van der Waals surface area contributed by atoms with Crippen molar-refractivity contribution in [1.82, 2.24) is 0 Å². The molecule has 1 fully saturated rings. The van der Waals surface area contributed by atoms with E-state index in [4.69, 9.17) is 15.2 Å². The first-order valence-electron chi connectivity index (χ1n) is 6.56. The van der Waals surface area contributed by atoms with Crippen molar-refractivity contribution in [1.29, 1.82) is 0 Å². The van der Waals surface area contributed by atoms with Crippen molar-refractivity contribution < 1.29 is 14.3 Å². The number of rotatable bonds is 5. The topological polar surface area (TPSA) is 61.6 Å². The van der Waals surface area contributed by atoms with Crippen LogP contribution in [0.2, 0.25) is 0 Å². The van der Waals surface area contributed by atoms with Crippen LogP contribution >= 0.6 is 0 Å². The van der Waals surface area contributed by atoms with Gasteiger partial charge in [0.05, 0.1) is 12.2 Å². The highest BCUT2D eigenvalue weighted by molar-refractivity contribution is 5.69. The molecule has 4 heteroatoms. The van der Waals surface area contributed by atoms with Gasteiger partial charge in [0.1, 0.15) is 6.10 Å². The van der Waals surface area contributed by atoms with Crippen molar-refractivity contribution in [2.75, 3.05) is 6.54 Å². The van der Waals surface area contributed by atoms with Gasteiger partial charge in [-0.1, -0.05) is 6.92 Å². The minimum absolute atomic E-state index is 0.0226. The molecule has 1 aliphatic rings. The molecule has 100 valence electrons. The van der Waals surface area contributed by atoms with Gasteiger partial charge >= 0.3 is 5.97 Å². The molecule has 0 radical (unpaired) electrons. The Balaban J connectivity index is 2.25. The minimum Gasteiger partial charge on any atom is -0.462 e. The lowest BCUT2D eigenvalue weighted by Gasteiger charge is -2.31. The predicted molar refractivity (Wildman–Crippen MR) is 66.6 cm³/mol. The molecule has 0 aromatic rings. The molecule has 0 amide bonds. The van der Waals surface area contributed by atoms with Crippen molar-refractivity contribution in [3.63, 3.8) is 0 Å². The molecule has 0 spiro atoms. The molecule has 0 aromatic carbocycles. The predicted octanol–water partition coefficient (Wildman–Crippen LogP) is 1.86. The fraction of sp³-hybridized carbons (Fsp3) is 0.923. The lowest BCUT2D eigenvalue weighted by Crippen LogP contribution is -2.35. The number of hydrogen-bond acceptors (Lipinski definition) is 4. The van der Waals surface area contributed by atoms with Gasteiger partial charge in [0.25, 0.3) is 0 Å². The summed E-state index contributed by atoms with van der Waals surface area (Å²) in [4.78, 5) is 11.6. The van der Waals surface area contributed by atoms with E-state index in [1.54, 1.807) is 0 Å².